The molecule has 0 spiro atoms. The van der Waals surface area contributed by atoms with Gasteiger partial charge in [-0.1, -0.05) is 23.8 Å². The summed E-state index contributed by atoms with van der Waals surface area (Å²) >= 11 is 6.02. The van der Waals surface area contributed by atoms with E-state index in [1.165, 1.54) is 12.0 Å². The van der Waals surface area contributed by atoms with E-state index in [1.807, 2.05) is 19.1 Å². The smallest absolute Gasteiger partial charge is 0.241 e. The topological polar surface area (TPSA) is 55.8 Å². The minimum atomic E-state index is -0.706. The molecule has 0 unspecified atom stereocenters. The van der Waals surface area contributed by atoms with Gasteiger partial charge < -0.3 is 9.47 Å². The SMILES string of the molecule is COc1ccc(Cl)cc1N1C(=O)[C@@H]2[C@H]3C=C[C@@](C)(O3)[C@H]2C1=O. The number of halogens is 1. The quantitative estimate of drug-likeness (QED) is 0.619. The Morgan fingerprint density at radius 2 is 2.09 bits per heavy atom. The normalized spacial score (nSPS) is 35.4. The largest absolute Gasteiger partial charge is 0.495 e. The predicted molar refractivity (Wildman–Crippen MR) is 79.9 cm³/mol. The summed E-state index contributed by atoms with van der Waals surface area (Å²) in [6.45, 7) is 1.85. The van der Waals surface area contributed by atoms with Gasteiger partial charge in [0.25, 0.3) is 0 Å². The van der Waals surface area contributed by atoms with E-state index in [0.29, 0.717) is 16.5 Å². The van der Waals surface area contributed by atoms with E-state index in [-0.39, 0.29) is 17.9 Å². The van der Waals surface area contributed by atoms with Gasteiger partial charge in [-0.2, -0.15) is 0 Å². The first kappa shape index (κ1) is 13.8. The minimum Gasteiger partial charge on any atom is -0.495 e. The average molecular weight is 320 g/mol. The maximum absolute atomic E-state index is 12.9. The Bertz CT molecular complexity index is 731. The van der Waals surface area contributed by atoms with Gasteiger partial charge in [-0.25, -0.2) is 4.90 Å². The van der Waals surface area contributed by atoms with E-state index in [2.05, 4.69) is 0 Å². The van der Waals surface area contributed by atoms with Crippen molar-refractivity contribution in [1.29, 1.82) is 0 Å². The maximum atomic E-state index is 12.9. The van der Waals surface area contributed by atoms with Crippen molar-refractivity contribution in [3.05, 3.63) is 35.4 Å². The molecule has 6 heteroatoms. The van der Waals surface area contributed by atoms with Gasteiger partial charge in [0.15, 0.2) is 0 Å². The zero-order valence-corrected chi connectivity index (χ0v) is 12.8. The van der Waals surface area contributed by atoms with Crippen LogP contribution in [0.15, 0.2) is 30.4 Å². The molecule has 3 aliphatic heterocycles. The zero-order valence-electron chi connectivity index (χ0n) is 12.1. The van der Waals surface area contributed by atoms with Crippen LogP contribution in [0.25, 0.3) is 0 Å². The van der Waals surface area contributed by atoms with Gasteiger partial charge in [0.05, 0.1) is 36.3 Å². The molecule has 2 amide bonds. The van der Waals surface area contributed by atoms with E-state index in [1.54, 1.807) is 18.2 Å². The number of anilines is 1. The first-order chi connectivity index (χ1) is 10.5. The molecule has 0 radical (unpaired) electrons. The molecule has 114 valence electrons. The summed E-state index contributed by atoms with van der Waals surface area (Å²) in [6.07, 6.45) is 3.41. The lowest BCUT2D eigenvalue weighted by molar-refractivity contribution is -0.126. The number of fused-ring (bicyclic) bond motifs is 5. The van der Waals surface area contributed by atoms with Crippen LogP contribution in [0, 0.1) is 11.8 Å². The van der Waals surface area contributed by atoms with Crippen LogP contribution in [0.2, 0.25) is 5.02 Å². The molecule has 0 aromatic heterocycles. The van der Waals surface area contributed by atoms with Crippen LogP contribution < -0.4 is 9.64 Å². The molecule has 5 nitrogen and oxygen atoms in total. The molecule has 3 aliphatic rings. The number of methoxy groups -OCH3 is 1. The summed E-state index contributed by atoms with van der Waals surface area (Å²) in [6, 6.07) is 4.89. The van der Waals surface area contributed by atoms with Crippen LogP contribution in [0.3, 0.4) is 0 Å². The van der Waals surface area contributed by atoms with Crippen LogP contribution in [-0.4, -0.2) is 30.6 Å². The van der Waals surface area contributed by atoms with Crippen molar-refractivity contribution >= 4 is 29.1 Å². The molecule has 3 heterocycles. The van der Waals surface area contributed by atoms with E-state index < -0.39 is 17.4 Å². The fourth-order valence-electron chi connectivity index (χ4n) is 3.73. The Kier molecular flexibility index (Phi) is 2.72. The first-order valence-electron chi connectivity index (χ1n) is 7.05. The summed E-state index contributed by atoms with van der Waals surface area (Å²) in [7, 11) is 1.49. The highest BCUT2D eigenvalue weighted by atomic mass is 35.5. The molecule has 0 N–H and O–H groups in total. The second kappa shape index (κ2) is 4.33. The molecular weight excluding hydrogens is 306 g/mol. The Morgan fingerprint density at radius 1 is 1.32 bits per heavy atom. The van der Waals surface area contributed by atoms with Crippen molar-refractivity contribution in [1.82, 2.24) is 0 Å². The minimum absolute atomic E-state index is 0.256. The summed E-state index contributed by atoms with van der Waals surface area (Å²) < 4.78 is 11.1. The van der Waals surface area contributed by atoms with Gasteiger partial charge in [-0.3, -0.25) is 9.59 Å². The highest BCUT2D eigenvalue weighted by molar-refractivity contribution is 6.31. The molecule has 1 aromatic rings. The highest BCUT2D eigenvalue weighted by Crippen LogP contribution is 2.53. The second-order valence-corrected chi connectivity index (χ2v) is 6.39. The molecule has 4 rings (SSSR count). The molecule has 4 atom stereocenters. The number of hydrogen-bond acceptors (Lipinski definition) is 4. The lowest BCUT2D eigenvalue weighted by Gasteiger charge is -2.24. The number of carbonyl (C=O) groups is 2. The van der Waals surface area contributed by atoms with Gasteiger partial charge in [-0.05, 0) is 25.1 Å². The summed E-state index contributed by atoms with van der Waals surface area (Å²) in [5.41, 5.74) is -0.315. The first-order valence-corrected chi connectivity index (χ1v) is 7.42. The third-order valence-corrected chi connectivity index (χ3v) is 4.95. The van der Waals surface area contributed by atoms with Crippen molar-refractivity contribution in [2.75, 3.05) is 12.0 Å². The monoisotopic (exact) mass is 319 g/mol. The van der Waals surface area contributed by atoms with Gasteiger partial charge in [0.2, 0.25) is 11.8 Å². The third-order valence-electron chi connectivity index (χ3n) is 4.71. The van der Waals surface area contributed by atoms with Crippen LogP contribution >= 0.6 is 11.6 Å². The van der Waals surface area contributed by atoms with Crippen molar-refractivity contribution < 1.29 is 19.1 Å². The van der Waals surface area contributed by atoms with Crippen LogP contribution in [-0.2, 0) is 14.3 Å². The number of ether oxygens (including phenoxy) is 2. The molecular formula is C16H14ClNO4. The Balaban J connectivity index is 1.82. The Morgan fingerprint density at radius 3 is 2.77 bits per heavy atom. The molecule has 0 saturated carbocycles. The molecule has 0 aliphatic carbocycles. The van der Waals surface area contributed by atoms with Crippen molar-refractivity contribution in [3.8, 4) is 5.75 Å². The third kappa shape index (κ3) is 1.58. The lowest BCUT2D eigenvalue weighted by atomic mass is 9.78. The predicted octanol–water partition coefficient (Wildman–Crippen LogP) is 2.18. The van der Waals surface area contributed by atoms with Crippen molar-refractivity contribution in [3.63, 3.8) is 0 Å². The van der Waals surface area contributed by atoms with Crippen LogP contribution in [0.4, 0.5) is 5.69 Å². The van der Waals surface area contributed by atoms with E-state index in [0.717, 1.165) is 0 Å². The molecule has 1 aromatic carbocycles. The van der Waals surface area contributed by atoms with Gasteiger partial charge in [0.1, 0.15) is 5.75 Å². The number of rotatable bonds is 2. The van der Waals surface area contributed by atoms with E-state index in [4.69, 9.17) is 21.1 Å². The fourth-order valence-corrected chi connectivity index (χ4v) is 3.89. The van der Waals surface area contributed by atoms with E-state index in [9.17, 15) is 9.59 Å². The molecule has 2 saturated heterocycles. The summed E-state index contributed by atoms with van der Waals surface area (Å²) in [4.78, 5) is 26.9. The number of hydrogen-bond donors (Lipinski definition) is 0. The molecule has 2 fully saturated rings. The van der Waals surface area contributed by atoms with Crippen LogP contribution in [0.5, 0.6) is 5.75 Å². The lowest BCUT2D eigenvalue weighted by Crippen LogP contribution is -2.38. The second-order valence-electron chi connectivity index (χ2n) is 5.96. The Hall–Kier alpha value is -1.85. The van der Waals surface area contributed by atoms with Gasteiger partial charge in [-0.15, -0.1) is 0 Å². The van der Waals surface area contributed by atoms with Crippen LogP contribution in [0.1, 0.15) is 6.92 Å². The number of imide groups is 1. The summed E-state index contributed by atoms with van der Waals surface area (Å²) in [5, 5.41) is 0.442. The fraction of sp³-hybridized carbons (Fsp3) is 0.375. The zero-order chi connectivity index (χ0) is 15.6. The molecule has 22 heavy (non-hydrogen) atoms. The van der Waals surface area contributed by atoms with Crippen molar-refractivity contribution in [2.24, 2.45) is 11.8 Å². The van der Waals surface area contributed by atoms with Crippen molar-refractivity contribution in [2.45, 2.75) is 18.6 Å². The highest BCUT2D eigenvalue weighted by Gasteiger charge is 2.66. The maximum Gasteiger partial charge on any atom is 0.241 e. The summed E-state index contributed by atoms with van der Waals surface area (Å²) in [5.74, 6) is -1.03. The average Bonchev–Trinajstić information content (AvgIpc) is 3.08. The molecule has 2 bridgehead atoms. The number of carbonyl (C=O) groups excluding carboxylic acids is 2. The number of nitrogens with zero attached hydrogens (tertiary/aromatic N) is 1. The standard InChI is InChI=1S/C16H14ClNO4/c1-16-6-5-11(22-16)12-13(16)15(20)18(14(12)19)9-7-8(17)3-4-10(9)21-2/h3-7,11-13H,1-2H3/t11-,12-,13-,16-/m1/s1. The number of amides is 2. The Labute approximate surface area is 132 Å². The van der Waals surface area contributed by atoms with Gasteiger partial charge in [0, 0.05) is 5.02 Å². The van der Waals surface area contributed by atoms with E-state index >= 15 is 0 Å². The van der Waals surface area contributed by atoms with Gasteiger partial charge >= 0.3 is 0 Å². The number of benzene rings is 1.